The Morgan fingerprint density at radius 3 is 1.33 bits per heavy atom. The van der Waals surface area contributed by atoms with Crippen molar-refractivity contribution in [3.8, 4) is 0 Å². The minimum atomic E-state index is -0.521. The molecule has 0 saturated carbocycles. The normalized spacial score (nSPS) is 28.9. The molecule has 0 unspecified atom stereocenters. The summed E-state index contributed by atoms with van der Waals surface area (Å²) in [6.07, 6.45) is 3.69. The Morgan fingerprint density at radius 2 is 1.22 bits per heavy atom. The minimum Gasteiger partial charge on any atom is -0.319 e. The van der Waals surface area contributed by atoms with Crippen LogP contribution in [0.1, 0.15) is 0 Å². The molecular formula is C4H2Br4O. The van der Waals surface area contributed by atoms with Gasteiger partial charge in [0.05, 0.1) is 0 Å². The van der Waals surface area contributed by atoms with E-state index in [2.05, 4.69) is 63.7 Å². The number of rotatable bonds is 0. The van der Waals surface area contributed by atoms with Crippen LogP contribution in [-0.4, -0.2) is 6.84 Å². The topological polar surface area (TPSA) is 9.23 Å². The summed E-state index contributed by atoms with van der Waals surface area (Å²) in [5.41, 5.74) is 0. The van der Waals surface area contributed by atoms with Gasteiger partial charge in [0.25, 0.3) is 0 Å². The van der Waals surface area contributed by atoms with Crippen LogP contribution < -0.4 is 0 Å². The molecular weight excluding hydrogens is 384 g/mol. The molecule has 9 heavy (non-hydrogen) atoms. The monoisotopic (exact) mass is 382 g/mol. The summed E-state index contributed by atoms with van der Waals surface area (Å²) in [5, 5.41) is 0. The van der Waals surface area contributed by atoms with Crippen molar-refractivity contribution >= 4 is 63.7 Å². The Balaban J connectivity index is 2.71. The lowest BCUT2D eigenvalue weighted by molar-refractivity contribution is 0.141. The molecule has 0 atom stereocenters. The SMILES string of the molecule is BrC1(Br)C=CC(Br)(Br)O1. The molecule has 5 heteroatoms. The lowest BCUT2D eigenvalue weighted by atomic mass is 10.6. The van der Waals surface area contributed by atoms with Gasteiger partial charge < -0.3 is 4.74 Å². The standard InChI is InChI=1S/C4H2Br4O/c5-3(6)1-2-4(7,8)9-3/h1-2H. The number of halogens is 4. The van der Waals surface area contributed by atoms with E-state index in [-0.39, 0.29) is 0 Å². The fourth-order valence-electron chi connectivity index (χ4n) is 0.443. The first-order chi connectivity index (χ1) is 3.91. The molecule has 0 spiro atoms. The molecule has 1 aliphatic heterocycles. The quantitative estimate of drug-likeness (QED) is 0.458. The third-order valence-corrected chi connectivity index (χ3v) is 2.45. The molecule has 0 radical (unpaired) electrons. The Hall–Kier alpha value is 1.62. The lowest BCUT2D eigenvalue weighted by Gasteiger charge is -2.17. The highest BCUT2D eigenvalue weighted by molar-refractivity contribution is 9.26. The first kappa shape index (κ1) is 8.71. The van der Waals surface area contributed by atoms with Crippen LogP contribution in [0.4, 0.5) is 0 Å². The number of hydrogen-bond acceptors (Lipinski definition) is 1. The van der Waals surface area contributed by atoms with Crippen molar-refractivity contribution < 1.29 is 4.74 Å². The van der Waals surface area contributed by atoms with E-state index in [0.717, 1.165) is 0 Å². The molecule has 52 valence electrons. The molecule has 0 aromatic carbocycles. The van der Waals surface area contributed by atoms with Crippen molar-refractivity contribution in [3.63, 3.8) is 0 Å². The van der Waals surface area contributed by atoms with Gasteiger partial charge in [0.1, 0.15) is 0 Å². The summed E-state index contributed by atoms with van der Waals surface area (Å²) in [6, 6.07) is 0. The van der Waals surface area contributed by atoms with Gasteiger partial charge in [-0.3, -0.25) is 0 Å². The summed E-state index contributed by atoms with van der Waals surface area (Å²) in [7, 11) is 0. The average Bonchev–Trinajstić information content (AvgIpc) is 1.78. The highest BCUT2D eigenvalue weighted by Crippen LogP contribution is 2.46. The summed E-state index contributed by atoms with van der Waals surface area (Å²) in [6.45, 7) is 0. The second kappa shape index (κ2) is 2.59. The maximum atomic E-state index is 5.29. The van der Waals surface area contributed by atoms with E-state index in [1.54, 1.807) is 0 Å². The number of ether oxygens (including phenoxy) is 1. The average molecular weight is 386 g/mol. The van der Waals surface area contributed by atoms with Crippen LogP contribution in [0.25, 0.3) is 0 Å². The van der Waals surface area contributed by atoms with Crippen molar-refractivity contribution in [2.24, 2.45) is 0 Å². The van der Waals surface area contributed by atoms with Gasteiger partial charge in [-0.15, -0.1) is 0 Å². The number of alkyl halides is 4. The lowest BCUT2D eigenvalue weighted by Crippen LogP contribution is -2.16. The van der Waals surface area contributed by atoms with E-state index >= 15 is 0 Å². The smallest absolute Gasteiger partial charge is 0.199 e. The van der Waals surface area contributed by atoms with Crippen LogP contribution in [-0.2, 0) is 4.74 Å². The second-order valence-corrected chi connectivity index (χ2v) is 8.40. The van der Waals surface area contributed by atoms with Crippen LogP contribution in [0.15, 0.2) is 12.2 Å². The molecule has 0 aromatic heterocycles. The van der Waals surface area contributed by atoms with Gasteiger partial charge in [0, 0.05) is 0 Å². The van der Waals surface area contributed by atoms with Gasteiger partial charge >= 0.3 is 0 Å². The fraction of sp³-hybridized carbons (Fsp3) is 0.500. The molecule has 0 aromatic rings. The van der Waals surface area contributed by atoms with Crippen LogP contribution in [0.5, 0.6) is 0 Å². The molecule has 0 saturated heterocycles. The molecule has 1 nitrogen and oxygen atoms in total. The molecule has 0 amide bonds. The Labute approximate surface area is 86.7 Å². The van der Waals surface area contributed by atoms with Crippen molar-refractivity contribution in [1.29, 1.82) is 0 Å². The summed E-state index contributed by atoms with van der Waals surface area (Å²) < 4.78 is 4.25. The first-order valence-corrected chi connectivity index (χ1v) is 5.25. The van der Waals surface area contributed by atoms with Crippen molar-refractivity contribution in [1.82, 2.24) is 0 Å². The zero-order valence-corrected chi connectivity index (χ0v) is 10.4. The third-order valence-electron chi connectivity index (χ3n) is 0.744. The van der Waals surface area contributed by atoms with E-state index in [4.69, 9.17) is 4.74 Å². The van der Waals surface area contributed by atoms with Gasteiger partial charge in [-0.25, -0.2) is 0 Å². The van der Waals surface area contributed by atoms with Gasteiger partial charge in [0.15, 0.2) is 6.84 Å². The first-order valence-electron chi connectivity index (χ1n) is 2.07. The zero-order valence-electron chi connectivity index (χ0n) is 4.07. The summed E-state index contributed by atoms with van der Waals surface area (Å²) in [5.74, 6) is 0. The highest BCUT2D eigenvalue weighted by Gasteiger charge is 2.37. The van der Waals surface area contributed by atoms with Crippen molar-refractivity contribution in [2.75, 3.05) is 0 Å². The van der Waals surface area contributed by atoms with Crippen LogP contribution in [0.3, 0.4) is 0 Å². The van der Waals surface area contributed by atoms with E-state index < -0.39 is 6.84 Å². The summed E-state index contributed by atoms with van der Waals surface area (Å²) in [4.78, 5) is 0. The second-order valence-electron chi connectivity index (χ2n) is 1.56. The van der Waals surface area contributed by atoms with Crippen molar-refractivity contribution in [2.45, 2.75) is 6.84 Å². The van der Waals surface area contributed by atoms with Crippen LogP contribution >= 0.6 is 63.7 Å². The largest absolute Gasteiger partial charge is 0.319 e. The molecule has 1 rings (SSSR count). The van der Waals surface area contributed by atoms with E-state index in [0.29, 0.717) is 0 Å². The maximum absolute atomic E-state index is 5.29. The fourth-order valence-corrected chi connectivity index (χ4v) is 2.86. The minimum absolute atomic E-state index is 0.521. The van der Waals surface area contributed by atoms with E-state index in [9.17, 15) is 0 Å². The van der Waals surface area contributed by atoms with E-state index in [1.165, 1.54) is 0 Å². The Kier molecular flexibility index (Phi) is 2.51. The molecule has 0 bridgehead atoms. The maximum Gasteiger partial charge on any atom is 0.199 e. The van der Waals surface area contributed by atoms with Gasteiger partial charge in [-0.2, -0.15) is 0 Å². The van der Waals surface area contributed by atoms with Crippen LogP contribution in [0, 0.1) is 0 Å². The van der Waals surface area contributed by atoms with Crippen LogP contribution in [0.2, 0.25) is 0 Å². The third kappa shape index (κ3) is 2.61. The van der Waals surface area contributed by atoms with Gasteiger partial charge in [0.2, 0.25) is 0 Å². The Bertz CT molecular complexity index is 135. The molecule has 0 aliphatic carbocycles. The molecule has 0 fully saturated rings. The molecule has 0 N–H and O–H groups in total. The van der Waals surface area contributed by atoms with Gasteiger partial charge in [-0.05, 0) is 75.9 Å². The Morgan fingerprint density at radius 1 is 0.889 bits per heavy atom. The summed E-state index contributed by atoms with van der Waals surface area (Å²) >= 11 is 13.1. The highest BCUT2D eigenvalue weighted by atomic mass is 79.9. The molecule has 1 heterocycles. The predicted octanol–water partition coefficient (Wildman–Crippen LogP) is 3.46. The van der Waals surface area contributed by atoms with E-state index in [1.807, 2.05) is 12.2 Å². The molecule has 1 aliphatic rings. The zero-order chi connectivity index (χ0) is 7.12. The van der Waals surface area contributed by atoms with Gasteiger partial charge in [-0.1, -0.05) is 0 Å². The van der Waals surface area contributed by atoms with Crippen molar-refractivity contribution in [3.05, 3.63) is 12.2 Å². The predicted molar refractivity (Wildman–Crippen MR) is 51.4 cm³/mol. The number of hydrogen-bond donors (Lipinski definition) is 0.